The third-order valence-corrected chi connectivity index (χ3v) is 5.82. The Balaban J connectivity index is 1.60. The number of urea groups is 1. The van der Waals surface area contributed by atoms with E-state index >= 15 is 0 Å². The van der Waals surface area contributed by atoms with Gasteiger partial charge in [-0.05, 0) is 29.7 Å². The number of carbonyl (C=O) groups is 3. The number of anilines is 1. The monoisotopic (exact) mass is 427 g/mol. The predicted octanol–water partition coefficient (Wildman–Crippen LogP) is 4.08. The molecule has 4 rings (SSSR count). The molecule has 0 bridgehead atoms. The molecule has 162 valence electrons. The van der Waals surface area contributed by atoms with Crippen LogP contribution in [0.1, 0.15) is 24.5 Å². The predicted molar refractivity (Wildman–Crippen MR) is 123 cm³/mol. The van der Waals surface area contributed by atoms with E-state index in [2.05, 4.69) is 5.32 Å². The van der Waals surface area contributed by atoms with Crippen LogP contribution in [-0.2, 0) is 21.7 Å². The Hall–Kier alpha value is -3.93. The summed E-state index contributed by atoms with van der Waals surface area (Å²) < 4.78 is 0. The smallest absolute Gasteiger partial charge is 0.319 e. The van der Waals surface area contributed by atoms with Gasteiger partial charge in [0.15, 0.2) is 0 Å². The molecule has 1 aliphatic heterocycles. The Morgan fingerprint density at radius 3 is 2.03 bits per heavy atom. The zero-order valence-electron chi connectivity index (χ0n) is 17.9. The second-order valence-electron chi connectivity index (χ2n) is 7.75. The normalized spacial score (nSPS) is 17.8. The first-order chi connectivity index (χ1) is 15.5. The van der Waals surface area contributed by atoms with E-state index in [1.807, 2.05) is 97.9 Å². The summed E-state index contributed by atoms with van der Waals surface area (Å²) in [6.45, 7) is 1.86. The number of hydrogen-bond acceptors (Lipinski definition) is 3. The Morgan fingerprint density at radius 1 is 0.875 bits per heavy atom. The average Bonchev–Trinajstić information content (AvgIpc) is 3.09. The summed E-state index contributed by atoms with van der Waals surface area (Å²) in [6.07, 6.45) is 0.388. The van der Waals surface area contributed by atoms with E-state index in [0.29, 0.717) is 24.2 Å². The molecule has 0 radical (unpaired) electrons. The summed E-state index contributed by atoms with van der Waals surface area (Å²) in [5.74, 6) is -0.735. The number of nitrogens with zero attached hydrogens (tertiary/aromatic N) is 2. The summed E-state index contributed by atoms with van der Waals surface area (Å²) in [5, 5.41) is 2.83. The van der Waals surface area contributed by atoms with Crippen molar-refractivity contribution in [3.8, 4) is 0 Å². The van der Waals surface area contributed by atoms with Crippen LogP contribution in [0.15, 0.2) is 91.0 Å². The Kier molecular flexibility index (Phi) is 6.03. The number of imide groups is 1. The van der Waals surface area contributed by atoms with E-state index in [1.54, 1.807) is 4.90 Å². The molecule has 1 fully saturated rings. The van der Waals surface area contributed by atoms with Crippen molar-refractivity contribution in [2.45, 2.75) is 25.4 Å². The molecule has 3 aromatic carbocycles. The van der Waals surface area contributed by atoms with E-state index < -0.39 is 17.5 Å². The second-order valence-corrected chi connectivity index (χ2v) is 7.75. The first-order valence-electron chi connectivity index (χ1n) is 10.6. The molecular formula is C26H25N3O3. The third-order valence-electron chi connectivity index (χ3n) is 5.82. The molecule has 4 amide bonds. The fourth-order valence-electron chi connectivity index (χ4n) is 4.05. The van der Waals surface area contributed by atoms with Crippen molar-refractivity contribution in [3.05, 3.63) is 102 Å². The fourth-order valence-corrected chi connectivity index (χ4v) is 4.05. The first-order valence-corrected chi connectivity index (χ1v) is 10.6. The number of rotatable bonds is 7. The molecule has 1 atom stereocenters. The van der Waals surface area contributed by atoms with E-state index in [0.717, 1.165) is 10.5 Å². The van der Waals surface area contributed by atoms with Crippen LogP contribution in [-0.4, -0.2) is 29.3 Å². The molecule has 1 N–H and O–H groups in total. The van der Waals surface area contributed by atoms with Gasteiger partial charge in [-0.1, -0.05) is 85.8 Å². The van der Waals surface area contributed by atoms with Gasteiger partial charge < -0.3 is 10.2 Å². The molecular weight excluding hydrogens is 402 g/mol. The highest BCUT2D eigenvalue weighted by Crippen LogP contribution is 2.32. The Bertz CT molecular complexity index is 1100. The van der Waals surface area contributed by atoms with Crippen LogP contribution < -0.4 is 10.2 Å². The van der Waals surface area contributed by atoms with Crippen LogP contribution in [0.4, 0.5) is 10.5 Å². The van der Waals surface area contributed by atoms with Gasteiger partial charge in [0, 0.05) is 5.69 Å². The van der Waals surface area contributed by atoms with E-state index in [9.17, 15) is 14.4 Å². The summed E-state index contributed by atoms with van der Waals surface area (Å²) in [7, 11) is 0. The minimum Gasteiger partial charge on any atom is -0.319 e. The maximum absolute atomic E-state index is 13.4. The molecule has 6 heteroatoms. The van der Waals surface area contributed by atoms with Gasteiger partial charge in [0.05, 0.1) is 6.54 Å². The van der Waals surface area contributed by atoms with Gasteiger partial charge in [-0.25, -0.2) is 4.79 Å². The van der Waals surface area contributed by atoms with E-state index in [4.69, 9.17) is 0 Å². The van der Waals surface area contributed by atoms with Crippen molar-refractivity contribution >= 4 is 23.5 Å². The van der Waals surface area contributed by atoms with E-state index in [1.165, 1.54) is 0 Å². The van der Waals surface area contributed by atoms with Gasteiger partial charge in [-0.2, -0.15) is 0 Å². The van der Waals surface area contributed by atoms with Gasteiger partial charge in [0.2, 0.25) is 5.91 Å². The van der Waals surface area contributed by atoms with Crippen LogP contribution in [0.3, 0.4) is 0 Å². The van der Waals surface area contributed by atoms with Crippen LogP contribution in [0, 0.1) is 0 Å². The molecule has 1 saturated heterocycles. The lowest BCUT2D eigenvalue weighted by Gasteiger charge is -2.27. The van der Waals surface area contributed by atoms with Crippen molar-refractivity contribution in [3.63, 3.8) is 0 Å². The molecule has 0 aliphatic carbocycles. The molecule has 3 aromatic rings. The van der Waals surface area contributed by atoms with Gasteiger partial charge in [0.1, 0.15) is 12.1 Å². The zero-order valence-corrected chi connectivity index (χ0v) is 17.9. The molecule has 0 aromatic heterocycles. The Labute approximate surface area is 187 Å². The topological polar surface area (TPSA) is 69.7 Å². The van der Waals surface area contributed by atoms with Crippen LogP contribution in [0.5, 0.6) is 0 Å². The number of benzene rings is 3. The zero-order chi connectivity index (χ0) is 22.6. The van der Waals surface area contributed by atoms with Crippen molar-refractivity contribution in [1.29, 1.82) is 0 Å². The average molecular weight is 428 g/mol. The molecule has 0 saturated carbocycles. The summed E-state index contributed by atoms with van der Waals surface area (Å²) in [4.78, 5) is 42.2. The number of nitrogens with one attached hydrogen (secondary N) is 1. The largest absolute Gasteiger partial charge is 0.325 e. The highest BCUT2D eigenvalue weighted by atomic mass is 16.2. The van der Waals surface area contributed by atoms with Crippen molar-refractivity contribution in [2.75, 3.05) is 11.4 Å². The maximum Gasteiger partial charge on any atom is 0.325 e. The third kappa shape index (κ3) is 3.99. The van der Waals surface area contributed by atoms with Gasteiger partial charge >= 0.3 is 6.03 Å². The van der Waals surface area contributed by atoms with Gasteiger partial charge in [0.25, 0.3) is 5.91 Å². The first kappa shape index (κ1) is 21.3. The quantitative estimate of drug-likeness (QED) is 0.578. The number of para-hydroxylation sites is 1. The van der Waals surface area contributed by atoms with Crippen LogP contribution in [0.2, 0.25) is 0 Å². The summed E-state index contributed by atoms with van der Waals surface area (Å²) >= 11 is 0. The number of carbonyl (C=O) groups excluding carboxylic acids is 3. The minimum atomic E-state index is -1.16. The highest BCUT2D eigenvalue weighted by Gasteiger charge is 2.51. The summed E-state index contributed by atoms with van der Waals surface area (Å²) in [5.41, 5.74) is 1.21. The molecule has 0 spiro atoms. The minimum absolute atomic E-state index is 0.330. The molecule has 1 unspecified atom stereocenters. The lowest BCUT2D eigenvalue weighted by Crippen LogP contribution is -2.45. The van der Waals surface area contributed by atoms with Crippen molar-refractivity contribution in [2.24, 2.45) is 0 Å². The number of amides is 4. The van der Waals surface area contributed by atoms with Gasteiger partial charge in [-0.15, -0.1) is 0 Å². The maximum atomic E-state index is 13.4. The fraction of sp³-hybridized carbons (Fsp3) is 0.192. The van der Waals surface area contributed by atoms with Crippen LogP contribution in [0.25, 0.3) is 0 Å². The molecule has 32 heavy (non-hydrogen) atoms. The van der Waals surface area contributed by atoms with Crippen LogP contribution >= 0.6 is 0 Å². The molecule has 1 aliphatic rings. The highest BCUT2D eigenvalue weighted by molar-refractivity contribution is 6.10. The van der Waals surface area contributed by atoms with E-state index in [-0.39, 0.29) is 12.5 Å². The van der Waals surface area contributed by atoms with Crippen molar-refractivity contribution in [1.82, 2.24) is 10.2 Å². The SMILES string of the molecule is CCC1(c2ccccc2)NC(=O)N(CC(=O)N(Cc2ccccc2)c2ccccc2)C1=O. The lowest BCUT2D eigenvalue weighted by molar-refractivity contribution is -0.134. The molecule has 6 nitrogen and oxygen atoms in total. The lowest BCUT2D eigenvalue weighted by atomic mass is 9.87. The van der Waals surface area contributed by atoms with Crippen molar-refractivity contribution < 1.29 is 14.4 Å². The Morgan fingerprint density at radius 2 is 1.44 bits per heavy atom. The molecule has 1 heterocycles. The standard InChI is InChI=1S/C26H25N3O3/c1-2-26(21-14-8-4-9-15-21)24(31)29(25(32)27-26)19-23(30)28(22-16-10-5-11-17-22)18-20-12-6-3-7-13-20/h3-17H,2,18-19H2,1H3,(H,27,32). The number of hydrogen-bond donors (Lipinski definition) is 1. The summed E-state index contributed by atoms with van der Waals surface area (Å²) in [6, 6.07) is 27.5. The van der Waals surface area contributed by atoms with Gasteiger partial charge in [-0.3, -0.25) is 14.5 Å². The second kappa shape index (κ2) is 9.06.